The van der Waals surface area contributed by atoms with Crippen LogP contribution < -0.4 is 10.1 Å². The first kappa shape index (κ1) is 24.5. The van der Waals surface area contributed by atoms with E-state index in [1.165, 1.54) is 19.2 Å². The second-order valence-corrected chi connectivity index (χ2v) is 9.37. The van der Waals surface area contributed by atoms with Crippen molar-refractivity contribution >= 4 is 11.8 Å². The summed E-state index contributed by atoms with van der Waals surface area (Å²) in [5, 5.41) is 3.32. The Bertz CT molecular complexity index is 1390. The van der Waals surface area contributed by atoms with Gasteiger partial charge in [0.15, 0.2) is 5.78 Å². The summed E-state index contributed by atoms with van der Waals surface area (Å²) in [6.45, 7) is 2.17. The van der Waals surface area contributed by atoms with Crippen LogP contribution in [0.2, 0.25) is 0 Å². The minimum Gasteiger partial charge on any atom is -0.489 e. The van der Waals surface area contributed by atoms with Crippen LogP contribution in [0.4, 0.5) is 4.39 Å². The lowest BCUT2D eigenvalue weighted by molar-refractivity contribution is -0.136. The molecule has 188 valence electrons. The fourth-order valence-corrected chi connectivity index (χ4v) is 5.29. The Hall–Kier alpha value is -4.19. The van der Waals surface area contributed by atoms with E-state index < -0.39 is 11.9 Å². The predicted octanol–water partition coefficient (Wildman–Crippen LogP) is 5.94. The van der Waals surface area contributed by atoms with Crippen LogP contribution in [-0.2, 0) is 20.9 Å². The van der Waals surface area contributed by atoms with Gasteiger partial charge in [0, 0.05) is 29.0 Å². The smallest absolute Gasteiger partial charge is 0.336 e. The van der Waals surface area contributed by atoms with Gasteiger partial charge in [0.2, 0.25) is 0 Å². The van der Waals surface area contributed by atoms with Crippen LogP contribution in [0.5, 0.6) is 5.75 Å². The number of esters is 1. The van der Waals surface area contributed by atoms with E-state index in [-0.39, 0.29) is 23.9 Å². The van der Waals surface area contributed by atoms with Crippen LogP contribution in [0.1, 0.15) is 48.3 Å². The molecule has 0 saturated carbocycles. The Kier molecular flexibility index (Phi) is 6.91. The molecule has 3 aromatic rings. The maximum absolute atomic E-state index is 13.7. The fraction of sp³-hybridized carbons (Fsp3) is 0.226. The predicted molar refractivity (Wildman–Crippen MR) is 138 cm³/mol. The first-order chi connectivity index (χ1) is 18.0. The molecule has 1 aliphatic heterocycles. The normalized spacial score (nSPS) is 19.3. The average Bonchev–Trinajstić information content (AvgIpc) is 2.92. The van der Waals surface area contributed by atoms with Crippen molar-refractivity contribution in [3.8, 4) is 5.75 Å². The van der Waals surface area contributed by atoms with Gasteiger partial charge in [0.05, 0.1) is 18.6 Å². The number of carbonyl (C=O) groups excluding carboxylic acids is 2. The molecule has 6 heteroatoms. The van der Waals surface area contributed by atoms with E-state index in [1.54, 1.807) is 12.1 Å². The molecule has 1 aliphatic carbocycles. The number of benzene rings is 3. The van der Waals surface area contributed by atoms with Crippen LogP contribution >= 0.6 is 0 Å². The summed E-state index contributed by atoms with van der Waals surface area (Å²) in [7, 11) is 1.34. The quantitative estimate of drug-likeness (QED) is 0.427. The molecular weight excluding hydrogens is 469 g/mol. The van der Waals surface area contributed by atoms with Crippen LogP contribution in [0.15, 0.2) is 101 Å². The molecule has 1 heterocycles. The van der Waals surface area contributed by atoms with E-state index in [4.69, 9.17) is 9.47 Å². The molecule has 1 N–H and O–H groups in total. The summed E-state index contributed by atoms with van der Waals surface area (Å²) in [5.41, 5.74) is 5.02. The monoisotopic (exact) mass is 497 g/mol. The number of hydrogen-bond acceptors (Lipinski definition) is 5. The number of hydrogen-bond donors (Lipinski definition) is 1. The number of dihydropyridines is 1. The average molecular weight is 498 g/mol. The molecule has 2 aliphatic rings. The summed E-state index contributed by atoms with van der Waals surface area (Å²) in [4.78, 5) is 26.7. The molecular formula is C31H28FNO4. The fourth-order valence-electron chi connectivity index (χ4n) is 5.29. The van der Waals surface area contributed by atoms with Crippen molar-refractivity contribution in [2.75, 3.05) is 7.11 Å². The number of rotatable bonds is 6. The van der Waals surface area contributed by atoms with E-state index in [1.807, 2.05) is 61.5 Å². The Morgan fingerprint density at radius 2 is 1.68 bits per heavy atom. The topological polar surface area (TPSA) is 64.6 Å². The number of nitrogens with one attached hydrogen (secondary N) is 1. The van der Waals surface area contributed by atoms with E-state index >= 15 is 0 Å². The van der Waals surface area contributed by atoms with Gasteiger partial charge in [-0.1, -0.05) is 60.7 Å². The first-order valence-corrected chi connectivity index (χ1v) is 12.3. The maximum Gasteiger partial charge on any atom is 0.336 e. The van der Waals surface area contributed by atoms with Gasteiger partial charge < -0.3 is 14.8 Å². The summed E-state index contributed by atoms with van der Waals surface area (Å²) >= 11 is 0. The van der Waals surface area contributed by atoms with Gasteiger partial charge >= 0.3 is 5.97 Å². The van der Waals surface area contributed by atoms with Gasteiger partial charge in [-0.3, -0.25) is 4.79 Å². The van der Waals surface area contributed by atoms with Gasteiger partial charge in [-0.2, -0.15) is 0 Å². The highest BCUT2D eigenvalue weighted by Gasteiger charge is 2.42. The molecule has 0 amide bonds. The van der Waals surface area contributed by atoms with E-state index in [0.29, 0.717) is 35.6 Å². The molecule has 5 nitrogen and oxygen atoms in total. The lowest BCUT2D eigenvalue weighted by Crippen LogP contribution is -2.36. The number of ether oxygens (including phenoxy) is 2. The molecule has 3 aromatic carbocycles. The molecule has 5 rings (SSSR count). The summed E-state index contributed by atoms with van der Waals surface area (Å²) in [6.07, 6.45) is 0.839. The van der Waals surface area contributed by atoms with Crippen LogP contribution in [0.25, 0.3) is 0 Å². The van der Waals surface area contributed by atoms with Crippen LogP contribution in [0.3, 0.4) is 0 Å². The third-order valence-electron chi connectivity index (χ3n) is 7.04. The minimum absolute atomic E-state index is 0.0557. The highest BCUT2D eigenvalue weighted by atomic mass is 19.1. The number of methoxy groups -OCH3 is 1. The van der Waals surface area contributed by atoms with Gasteiger partial charge in [-0.25, -0.2) is 9.18 Å². The number of Topliss-reactive ketones (excluding diaryl/α,β-unsaturated/α-hetero) is 1. The molecule has 0 saturated heterocycles. The van der Waals surface area contributed by atoms with Crippen molar-refractivity contribution in [3.63, 3.8) is 0 Å². The van der Waals surface area contributed by atoms with Gasteiger partial charge in [-0.05, 0) is 48.6 Å². The molecule has 0 radical (unpaired) electrons. The van der Waals surface area contributed by atoms with Crippen molar-refractivity contribution in [2.24, 2.45) is 0 Å². The summed E-state index contributed by atoms with van der Waals surface area (Å²) in [6, 6.07) is 23.6. The summed E-state index contributed by atoms with van der Waals surface area (Å²) < 4.78 is 24.9. The number of ketones is 1. The zero-order valence-electron chi connectivity index (χ0n) is 20.8. The third kappa shape index (κ3) is 4.92. The lowest BCUT2D eigenvalue weighted by atomic mass is 9.71. The molecule has 2 atom stereocenters. The van der Waals surface area contributed by atoms with Crippen LogP contribution in [0, 0.1) is 5.82 Å². The highest BCUT2D eigenvalue weighted by Crippen LogP contribution is 2.47. The zero-order chi connectivity index (χ0) is 25.9. The number of carbonyl (C=O) groups is 2. The minimum atomic E-state index is -0.627. The lowest BCUT2D eigenvalue weighted by Gasteiger charge is -2.37. The third-order valence-corrected chi connectivity index (χ3v) is 7.04. The van der Waals surface area contributed by atoms with Crippen molar-refractivity contribution in [2.45, 2.75) is 38.2 Å². The van der Waals surface area contributed by atoms with E-state index in [9.17, 15) is 14.0 Å². The number of allylic oxidation sites excluding steroid dienone is 3. The second-order valence-electron chi connectivity index (χ2n) is 9.37. The second kappa shape index (κ2) is 10.4. The van der Waals surface area contributed by atoms with Crippen LogP contribution in [-0.4, -0.2) is 18.9 Å². The van der Waals surface area contributed by atoms with Crippen molar-refractivity contribution < 1.29 is 23.5 Å². The maximum atomic E-state index is 13.7. The number of halogens is 1. The zero-order valence-corrected chi connectivity index (χ0v) is 20.8. The van der Waals surface area contributed by atoms with Gasteiger partial charge in [0.25, 0.3) is 0 Å². The molecule has 0 aromatic heterocycles. The SMILES string of the molecule is COC(=O)C1=C(C)NC2=C(C(=O)C[C@@H](c3ccc(F)cc3)C2)[C@@H]1c1ccccc1OCc1ccccc1. The molecule has 0 fully saturated rings. The molecule has 37 heavy (non-hydrogen) atoms. The van der Waals surface area contributed by atoms with Crippen molar-refractivity contribution in [3.05, 3.63) is 124 Å². The Balaban J connectivity index is 1.56. The summed E-state index contributed by atoms with van der Waals surface area (Å²) in [5.74, 6) is -0.967. The highest BCUT2D eigenvalue weighted by molar-refractivity contribution is 6.04. The molecule has 0 spiro atoms. The van der Waals surface area contributed by atoms with Gasteiger partial charge in [0.1, 0.15) is 18.2 Å². The van der Waals surface area contributed by atoms with Crippen molar-refractivity contribution in [1.29, 1.82) is 0 Å². The molecule has 0 unspecified atom stereocenters. The van der Waals surface area contributed by atoms with Crippen molar-refractivity contribution in [1.82, 2.24) is 5.32 Å². The Morgan fingerprint density at radius 1 is 0.973 bits per heavy atom. The Morgan fingerprint density at radius 3 is 2.41 bits per heavy atom. The molecule has 0 bridgehead atoms. The number of para-hydroxylation sites is 1. The first-order valence-electron chi connectivity index (χ1n) is 12.3. The van der Waals surface area contributed by atoms with Gasteiger partial charge in [-0.15, -0.1) is 0 Å². The van der Waals surface area contributed by atoms with E-state index in [2.05, 4.69) is 5.32 Å². The Labute approximate surface area is 215 Å². The standard InChI is InChI=1S/C31H28FNO4/c1-19-28(31(35)36-2)29(24-10-6-7-11-27(24)37-18-20-8-4-3-5-9-20)30-25(33-19)16-22(17-26(30)34)21-12-14-23(32)15-13-21/h3-15,22,29,33H,16-18H2,1-2H3/t22-,29+/m0/s1. The van der Waals surface area contributed by atoms with E-state index in [0.717, 1.165) is 22.4 Å². The largest absolute Gasteiger partial charge is 0.489 e.